The number of halogens is 1. The second kappa shape index (κ2) is 6.77. The van der Waals surface area contributed by atoms with Gasteiger partial charge in [0, 0.05) is 25.9 Å². The van der Waals surface area contributed by atoms with Gasteiger partial charge in [-0.1, -0.05) is 24.3 Å². The molecule has 5 heteroatoms. The number of allylic oxidation sites excluding steroid dienone is 2. The molecular formula is C18H20FN3O. The fourth-order valence-electron chi connectivity index (χ4n) is 2.96. The van der Waals surface area contributed by atoms with Gasteiger partial charge in [0.1, 0.15) is 17.7 Å². The van der Waals surface area contributed by atoms with Crippen LogP contribution in [0.2, 0.25) is 0 Å². The predicted molar refractivity (Wildman–Crippen MR) is 86.1 cm³/mol. The second-order valence-corrected chi connectivity index (χ2v) is 5.92. The van der Waals surface area contributed by atoms with Gasteiger partial charge < -0.3 is 9.88 Å². The minimum atomic E-state index is -0.455. The van der Waals surface area contributed by atoms with Gasteiger partial charge in [-0.3, -0.25) is 4.79 Å². The fourth-order valence-corrected chi connectivity index (χ4v) is 2.96. The number of nitrogens with zero attached hydrogens (tertiary/aromatic N) is 2. The molecule has 1 N–H and O–H groups in total. The van der Waals surface area contributed by atoms with Crippen LogP contribution in [-0.2, 0) is 11.8 Å². The average Bonchev–Trinajstić information content (AvgIpc) is 3.16. The average molecular weight is 313 g/mol. The van der Waals surface area contributed by atoms with Gasteiger partial charge in [-0.25, -0.2) is 9.37 Å². The standard InChI is InChI=1S/C18H20FN3O/c1-22-10-9-20-18(22)17(14-7-4-8-15(19)12-14)21-16(23)11-13-5-2-3-6-13/h2,4-5,7-10,12-13,17H,3,6,11H2,1H3,(H,21,23)/t13-,17+/m1/s1. The lowest BCUT2D eigenvalue weighted by atomic mass is 10.0. The number of hydrogen-bond donors (Lipinski definition) is 1. The van der Waals surface area contributed by atoms with Crippen LogP contribution in [0, 0.1) is 11.7 Å². The molecule has 0 bridgehead atoms. The molecule has 0 saturated carbocycles. The van der Waals surface area contributed by atoms with Crippen molar-refractivity contribution in [1.29, 1.82) is 0 Å². The molecule has 0 aliphatic heterocycles. The Kier molecular flexibility index (Phi) is 4.55. The highest BCUT2D eigenvalue weighted by Gasteiger charge is 2.23. The summed E-state index contributed by atoms with van der Waals surface area (Å²) in [6, 6.07) is 5.83. The van der Waals surface area contributed by atoms with Crippen LogP contribution in [-0.4, -0.2) is 15.5 Å². The van der Waals surface area contributed by atoms with Crippen molar-refractivity contribution in [2.24, 2.45) is 13.0 Å². The summed E-state index contributed by atoms with van der Waals surface area (Å²) in [6.07, 6.45) is 10.2. The molecule has 1 heterocycles. The van der Waals surface area contributed by atoms with Crippen LogP contribution in [0.3, 0.4) is 0 Å². The van der Waals surface area contributed by atoms with Gasteiger partial charge in [0.05, 0.1) is 0 Å². The van der Waals surface area contributed by atoms with Gasteiger partial charge in [-0.2, -0.15) is 0 Å². The number of hydrogen-bond acceptors (Lipinski definition) is 2. The number of nitrogens with one attached hydrogen (secondary N) is 1. The van der Waals surface area contributed by atoms with E-state index in [0.717, 1.165) is 12.8 Å². The van der Waals surface area contributed by atoms with Crippen LogP contribution in [0.5, 0.6) is 0 Å². The minimum Gasteiger partial charge on any atom is -0.342 e. The van der Waals surface area contributed by atoms with Crippen LogP contribution in [0.15, 0.2) is 48.8 Å². The number of carbonyl (C=O) groups is 1. The Morgan fingerprint density at radius 2 is 2.39 bits per heavy atom. The first-order valence-electron chi connectivity index (χ1n) is 7.82. The third-order valence-corrected chi connectivity index (χ3v) is 4.16. The van der Waals surface area contributed by atoms with Gasteiger partial charge in [0.2, 0.25) is 5.91 Å². The van der Waals surface area contributed by atoms with Crippen molar-refractivity contribution >= 4 is 5.91 Å². The maximum absolute atomic E-state index is 13.6. The number of amides is 1. The normalized spacial score (nSPS) is 18.1. The largest absolute Gasteiger partial charge is 0.342 e. The molecule has 4 nitrogen and oxygen atoms in total. The third kappa shape index (κ3) is 3.67. The van der Waals surface area contributed by atoms with E-state index in [9.17, 15) is 9.18 Å². The molecule has 1 amide bonds. The van der Waals surface area contributed by atoms with E-state index in [4.69, 9.17) is 0 Å². The van der Waals surface area contributed by atoms with Gasteiger partial charge in [-0.05, 0) is 36.5 Å². The summed E-state index contributed by atoms with van der Waals surface area (Å²) in [5.41, 5.74) is 0.689. The zero-order valence-corrected chi connectivity index (χ0v) is 13.1. The molecular weight excluding hydrogens is 293 g/mol. The number of rotatable bonds is 5. The summed E-state index contributed by atoms with van der Waals surface area (Å²) in [5, 5.41) is 3.01. The fraction of sp³-hybridized carbons (Fsp3) is 0.333. The van der Waals surface area contributed by atoms with Gasteiger partial charge in [0.15, 0.2) is 0 Å². The van der Waals surface area contributed by atoms with Crippen molar-refractivity contribution in [1.82, 2.24) is 14.9 Å². The van der Waals surface area contributed by atoms with E-state index in [-0.39, 0.29) is 11.7 Å². The van der Waals surface area contributed by atoms with Gasteiger partial charge >= 0.3 is 0 Å². The van der Waals surface area contributed by atoms with Crippen molar-refractivity contribution < 1.29 is 9.18 Å². The van der Waals surface area contributed by atoms with Crippen molar-refractivity contribution in [2.45, 2.75) is 25.3 Å². The summed E-state index contributed by atoms with van der Waals surface area (Å²) in [5.74, 6) is 0.615. The molecule has 2 atom stereocenters. The first kappa shape index (κ1) is 15.5. The molecule has 120 valence electrons. The van der Waals surface area contributed by atoms with E-state index in [1.807, 2.05) is 17.8 Å². The lowest BCUT2D eigenvalue weighted by molar-refractivity contribution is -0.122. The van der Waals surface area contributed by atoms with Gasteiger partial charge in [0.25, 0.3) is 0 Å². The predicted octanol–water partition coefficient (Wildman–Crippen LogP) is 3.12. The Labute approximate surface area is 135 Å². The maximum atomic E-state index is 13.6. The molecule has 1 aromatic carbocycles. The minimum absolute atomic E-state index is 0.0428. The van der Waals surface area contributed by atoms with E-state index < -0.39 is 6.04 Å². The lowest BCUT2D eigenvalue weighted by Gasteiger charge is -2.20. The second-order valence-electron chi connectivity index (χ2n) is 5.92. The van der Waals surface area contributed by atoms with E-state index in [0.29, 0.717) is 23.7 Å². The smallest absolute Gasteiger partial charge is 0.221 e. The van der Waals surface area contributed by atoms with E-state index in [1.54, 1.807) is 18.3 Å². The Bertz CT molecular complexity index is 723. The van der Waals surface area contributed by atoms with Crippen molar-refractivity contribution in [3.05, 3.63) is 66.0 Å². The zero-order chi connectivity index (χ0) is 16.2. The molecule has 0 unspecified atom stereocenters. The van der Waals surface area contributed by atoms with Crippen LogP contribution < -0.4 is 5.32 Å². The summed E-state index contributed by atoms with van der Waals surface area (Å²) < 4.78 is 15.4. The molecule has 1 aliphatic rings. The van der Waals surface area contributed by atoms with E-state index in [2.05, 4.69) is 22.5 Å². The summed E-state index contributed by atoms with van der Waals surface area (Å²) in [6.45, 7) is 0. The van der Waals surface area contributed by atoms with Crippen LogP contribution in [0.25, 0.3) is 0 Å². The first-order valence-corrected chi connectivity index (χ1v) is 7.82. The number of imidazole rings is 1. The summed E-state index contributed by atoms with van der Waals surface area (Å²) in [7, 11) is 1.86. The molecule has 2 aromatic rings. The number of aromatic nitrogens is 2. The maximum Gasteiger partial charge on any atom is 0.221 e. The third-order valence-electron chi connectivity index (χ3n) is 4.16. The van der Waals surface area contributed by atoms with Crippen molar-refractivity contribution in [2.75, 3.05) is 0 Å². The number of carbonyl (C=O) groups excluding carboxylic acids is 1. The van der Waals surface area contributed by atoms with Crippen LogP contribution >= 0.6 is 0 Å². The Hall–Kier alpha value is -2.43. The molecule has 1 aromatic heterocycles. The highest BCUT2D eigenvalue weighted by molar-refractivity contribution is 5.77. The highest BCUT2D eigenvalue weighted by Crippen LogP contribution is 2.24. The van der Waals surface area contributed by atoms with Crippen LogP contribution in [0.1, 0.15) is 36.7 Å². The Balaban J connectivity index is 1.82. The molecule has 0 radical (unpaired) electrons. The summed E-state index contributed by atoms with van der Waals surface area (Å²) in [4.78, 5) is 16.7. The molecule has 1 aliphatic carbocycles. The van der Waals surface area contributed by atoms with E-state index in [1.165, 1.54) is 12.1 Å². The molecule has 3 rings (SSSR count). The van der Waals surface area contributed by atoms with E-state index >= 15 is 0 Å². The number of benzene rings is 1. The number of aryl methyl sites for hydroxylation is 1. The monoisotopic (exact) mass is 313 g/mol. The highest BCUT2D eigenvalue weighted by atomic mass is 19.1. The van der Waals surface area contributed by atoms with Gasteiger partial charge in [-0.15, -0.1) is 0 Å². The topological polar surface area (TPSA) is 46.9 Å². The molecule has 0 fully saturated rings. The Morgan fingerprint density at radius 3 is 3.04 bits per heavy atom. The van der Waals surface area contributed by atoms with Crippen molar-refractivity contribution in [3.8, 4) is 0 Å². The first-order chi connectivity index (χ1) is 11.1. The quantitative estimate of drug-likeness (QED) is 0.862. The molecule has 23 heavy (non-hydrogen) atoms. The molecule has 0 saturated heterocycles. The summed E-state index contributed by atoms with van der Waals surface area (Å²) >= 11 is 0. The van der Waals surface area contributed by atoms with Crippen molar-refractivity contribution in [3.63, 3.8) is 0 Å². The van der Waals surface area contributed by atoms with Crippen LogP contribution in [0.4, 0.5) is 4.39 Å². The SMILES string of the molecule is Cn1ccnc1[C@@H](NC(=O)C[C@@H]1C=CCC1)c1cccc(F)c1. The zero-order valence-electron chi connectivity index (χ0n) is 13.1. The lowest BCUT2D eigenvalue weighted by Crippen LogP contribution is -2.32. The molecule has 0 spiro atoms. The Morgan fingerprint density at radius 1 is 1.52 bits per heavy atom.